The molecular weight excluding hydrogens is 208 g/mol. The summed E-state index contributed by atoms with van der Waals surface area (Å²) in [5.41, 5.74) is 8.62. The van der Waals surface area contributed by atoms with Crippen LogP contribution in [0.15, 0.2) is 24.3 Å². The van der Waals surface area contributed by atoms with Crippen molar-refractivity contribution >= 4 is 17.5 Å². The van der Waals surface area contributed by atoms with E-state index in [0.717, 1.165) is 0 Å². The van der Waals surface area contributed by atoms with Gasteiger partial charge in [-0.2, -0.15) is 0 Å². The van der Waals surface area contributed by atoms with Crippen LogP contribution in [0.3, 0.4) is 0 Å². The van der Waals surface area contributed by atoms with Crippen molar-refractivity contribution in [1.29, 1.82) is 0 Å². The van der Waals surface area contributed by atoms with Gasteiger partial charge >= 0.3 is 0 Å². The van der Waals surface area contributed by atoms with Crippen molar-refractivity contribution in [1.82, 2.24) is 5.32 Å². The molecule has 2 amide bonds. The Kier molecular flexibility index (Phi) is 4.28. The molecule has 0 saturated carbocycles. The number of benzene rings is 1. The van der Waals surface area contributed by atoms with Gasteiger partial charge in [-0.15, -0.1) is 0 Å². The third-order valence-corrected chi connectivity index (χ3v) is 1.97. The standard InChI is InChI=1S/C10H14N4O2/c11-9(15)5-6-13-10(16)7-1-3-8(14-12)4-2-7/h1-4,14H,5-6,12H2,(H2,11,15)(H,13,16). The van der Waals surface area contributed by atoms with Gasteiger partial charge in [-0.3, -0.25) is 15.4 Å². The molecule has 0 aliphatic carbocycles. The zero-order chi connectivity index (χ0) is 12.0. The lowest BCUT2D eigenvalue weighted by Gasteiger charge is -2.04. The van der Waals surface area contributed by atoms with Crippen LogP contribution in [0.2, 0.25) is 0 Å². The first kappa shape index (κ1) is 12.0. The number of nitrogen functional groups attached to an aromatic ring is 1. The Balaban J connectivity index is 2.49. The number of hydrogen-bond donors (Lipinski definition) is 4. The first-order valence-corrected chi connectivity index (χ1v) is 4.76. The molecule has 1 rings (SSSR count). The molecule has 0 aromatic heterocycles. The molecule has 1 aromatic carbocycles. The zero-order valence-electron chi connectivity index (χ0n) is 8.69. The minimum absolute atomic E-state index is 0.133. The smallest absolute Gasteiger partial charge is 0.251 e. The maximum atomic E-state index is 11.5. The van der Waals surface area contributed by atoms with Gasteiger partial charge in [-0.1, -0.05) is 0 Å². The number of amides is 2. The molecule has 6 heteroatoms. The SMILES string of the molecule is NNc1ccc(C(=O)NCCC(N)=O)cc1. The number of hydrogen-bond acceptors (Lipinski definition) is 4. The number of nitrogens with one attached hydrogen (secondary N) is 2. The Morgan fingerprint density at radius 2 is 1.81 bits per heavy atom. The third-order valence-electron chi connectivity index (χ3n) is 1.97. The molecule has 0 spiro atoms. The van der Waals surface area contributed by atoms with E-state index in [1.54, 1.807) is 24.3 Å². The van der Waals surface area contributed by atoms with E-state index >= 15 is 0 Å². The molecular formula is C10H14N4O2. The third kappa shape index (κ3) is 3.58. The first-order chi connectivity index (χ1) is 7.63. The molecule has 0 unspecified atom stereocenters. The molecule has 0 atom stereocenters. The van der Waals surface area contributed by atoms with Crippen molar-refractivity contribution in [3.8, 4) is 0 Å². The molecule has 6 nitrogen and oxygen atoms in total. The van der Waals surface area contributed by atoms with E-state index in [2.05, 4.69) is 10.7 Å². The van der Waals surface area contributed by atoms with Crippen molar-refractivity contribution in [2.24, 2.45) is 11.6 Å². The van der Waals surface area contributed by atoms with Crippen LogP contribution in [-0.2, 0) is 4.79 Å². The summed E-state index contributed by atoms with van der Waals surface area (Å²) in [7, 11) is 0. The van der Waals surface area contributed by atoms with Gasteiger partial charge in [-0.25, -0.2) is 0 Å². The van der Waals surface area contributed by atoms with Crippen LogP contribution in [0.1, 0.15) is 16.8 Å². The minimum atomic E-state index is -0.442. The van der Waals surface area contributed by atoms with E-state index in [9.17, 15) is 9.59 Å². The van der Waals surface area contributed by atoms with Crippen molar-refractivity contribution in [3.05, 3.63) is 29.8 Å². The monoisotopic (exact) mass is 222 g/mol. The van der Waals surface area contributed by atoms with Gasteiger partial charge < -0.3 is 16.5 Å². The number of anilines is 1. The fourth-order valence-electron chi connectivity index (χ4n) is 1.12. The summed E-state index contributed by atoms with van der Waals surface area (Å²) in [6, 6.07) is 6.63. The number of hydrazine groups is 1. The topological polar surface area (TPSA) is 110 Å². The number of primary amides is 1. The summed E-state index contributed by atoms with van der Waals surface area (Å²) < 4.78 is 0. The predicted octanol–water partition coefficient (Wildman–Crippen LogP) is -0.423. The second-order valence-corrected chi connectivity index (χ2v) is 3.19. The number of carbonyl (C=O) groups is 2. The van der Waals surface area contributed by atoms with Gasteiger partial charge in [-0.05, 0) is 24.3 Å². The van der Waals surface area contributed by atoms with Crippen LogP contribution in [0.25, 0.3) is 0 Å². The van der Waals surface area contributed by atoms with E-state index in [1.807, 2.05) is 0 Å². The minimum Gasteiger partial charge on any atom is -0.370 e. The fourth-order valence-corrected chi connectivity index (χ4v) is 1.12. The maximum Gasteiger partial charge on any atom is 0.251 e. The number of rotatable bonds is 5. The quantitative estimate of drug-likeness (QED) is 0.400. The summed E-state index contributed by atoms with van der Waals surface area (Å²) in [6.07, 6.45) is 0.133. The molecule has 0 bridgehead atoms. The van der Waals surface area contributed by atoms with Crippen molar-refractivity contribution < 1.29 is 9.59 Å². The first-order valence-electron chi connectivity index (χ1n) is 4.76. The molecule has 16 heavy (non-hydrogen) atoms. The van der Waals surface area contributed by atoms with Gasteiger partial charge in [0.05, 0.1) is 0 Å². The highest BCUT2D eigenvalue weighted by atomic mass is 16.2. The van der Waals surface area contributed by atoms with E-state index in [4.69, 9.17) is 11.6 Å². The lowest BCUT2D eigenvalue weighted by atomic mass is 10.2. The predicted molar refractivity (Wildman–Crippen MR) is 60.4 cm³/mol. The van der Waals surface area contributed by atoms with Crippen molar-refractivity contribution in [3.63, 3.8) is 0 Å². The molecule has 0 saturated heterocycles. The summed E-state index contributed by atoms with van der Waals surface area (Å²) in [5, 5.41) is 2.58. The lowest BCUT2D eigenvalue weighted by Crippen LogP contribution is -2.27. The molecule has 0 aliphatic rings. The zero-order valence-corrected chi connectivity index (χ0v) is 8.69. The Labute approximate surface area is 93.0 Å². The van der Waals surface area contributed by atoms with Gasteiger partial charge in [0.2, 0.25) is 5.91 Å². The molecule has 0 radical (unpaired) electrons. The Morgan fingerprint density at radius 3 is 2.31 bits per heavy atom. The van der Waals surface area contributed by atoms with Gasteiger partial charge in [0.1, 0.15) is 0 Å². The number of nitrogens with two attached hydrogens (primary N) is 2. The lowest BCUT2D eigenvalue weighted by molar-refractivity contribution is -0.117. The molecule has 0 heterocycles. The van der Waals surface area contributed by atoms with Gasteiger partial charge in [0, 0.05) is 24.2 Å². The van der Waals surface area contributed by atoms with Crippen LogP contribution in [0.5, 0.6) is 0 Å². The Hall–Kier alpha value is -2.08. The molecule has 6 N–H and O–H groups in total. The average molecular weight is 222 g/mol. The van der Waals surface area contributed by atoms with Crippen molar-refractivity contribution in [2.75, 3.05) is 12.0 Å². The largest absolute Gasteiger partial charge is 0.370 e. The normalized spacial score (nSPS) is 9.56. The molecule has 0 aliphatic heterocycles. The highest BCUT2D eigenvalue weighted by Crippen LogP contribution is 2.07. The van der Waals surface area contributed by atoms with E-state index in [1.165, 1.54) is 0 Å². The van der Waals surface area contributed by atoms with Crippen LogP contribution in [-0.4, -0.2) is 18.4 Å². The van der Waals surface area contributed by atoms with Gasteiger partial charge in [0.25, 0.3) is 5.91 Å². The van der Waals surface area contributed by atoms with Crippen LogP contribution in [0, 0.1) is 0 Å². The number of carbonyl (C=O) groups excluding carboxylic acids is 2. The highest BCUT2D eigenvalue weighted by Gasteiger charge is 2.04. The van der Waals surface area contributed by atoms with E-state index < -0.39 is 5.91 Å². The van der Waals surface area contributed by atoms with E-state index in [0.29, 0.717) is 11.3 Å². The average Bonchev–Trinajstić information content (AvgIpc) is 2.28. The second kappa shape index (κ2) is 5.72. The highest BCUT2D eigenvalue weighted by molar-refractivity contribution is 5.94. The Morgan fingerprint density at radius 1 is 1.19 bits per heavy atom. The van der Waals surface area contributed by atoms with E-state index in [-0.39, 0.29) is 18.9 Å². The summed E-state index contributed by atoms with van der Waals surface area (Å²) in [6.45, 7) is 0.241. The summed E-state index contributed by atoms with van der Waals surface area (Å²) in [5.74, 6) is 4.50. The van der Waals surface area contributed by atoms with Crippen LogP contribution >= 0.6 is 0 Å². The summed E-state index contributed by atoms with van der Waals surface area (Å²) >= 11 is 0. The fraction of sp³-hybridized carbons (Fsp3) is 0.200. The van der Waals surface area contributed by atoms with Gasteiger partial charge in [0.15, 0.2) is 0 Å². The maximum absolute atomic E-state index is 11.5. The molecule has 0 fully saturated rings. The molecule has 86 valence electrons. The molecule has 1 aromatic rings. The van der Waals surface area contributed by atoms with Crippen LogP contribution < -0.4 is 22.3 Å². The second-order valence-electron chi connectivity index (χ2n) is 3.19. The Bertz CT molecular complexity index is 375. The van der Waals surface area contributed by atoms with Crippen LogP contribution in [0.4, 0.5) is 5.69 Å². The van der Waals surface area contributed by atoms with Crippen molar-refractivity contribution in [2.45, 2.75) is 6.42 Å². The summed E-state index contributed by atoms with van der Waals surface area (Å²) in [4.78, 5) is 22.0.